The van der Waals surface area contributed by atoms with Crippen molar-refractivity contribution in [3.63, 3.8) is 0 Å². The van der Waals surface area contributed by atoms with Crippen molar-refractivity contribution in [3.8, 4) is 0 Å². The van der Waals surface area contributed by atoms with Crippen LogP contribution < -0.4 is 0 Å². The first kappa shape index (κ1) is 14.3. The van der Waals surface area contributed by atoms with Crippen LogP contribution in [0.25, 0.3) is 11.1 Å². The third-order valence-corrected chi connectivity index (χ3v) is 4.25. The summed E-state index contributed by atoms with van der Waals surface area (Å²) in [6.45, 7) is 0. The van der Waals surface area contributed by atoms with Crippen LogP contribution in [0.1, 0.15) is 31.8 Å². The van der Waals surface area contributed by atoms with Gasteiger partial charge in [0.2, 0.25) is 0 Å². The molecule has 0 saturated heterocycles. The molecule has 0 aromatic heterocycles. The van der Waals surface area contributed by atoms with Gasteiger partial charge in [-0.3, -0.25) is 9.59 Å². The second kappa shape index (κ2) is 5.74. The summed E-state index contributed by atoms with van der Waals surface area (Å²) in [4.78, 5) is 26.3. The van der Waals surface area contributed by atoms with Gasteiger partial charge in [0.15, 0.2) is 11.6 Å². The van der Waals surface area contributed by atoms with Crippen molar-refractivity contribution < 1.29 is 9.59 Å². The Morgan fingerprint density at radius 1 is 0.417 bits per heavy atom. The second-order valence-corrected chi connectivity index (χ2v) is 5.69. The highest BCUT2D eigenvalue weighted by Crippen LogP contribution is 2.37. The molecule has 2 nitrogen and oxygen atoms in total. The van der Waals surface area contributed by atoms with E-state index in [1.54, 1.807) is 24.3 Å². The molecule has 2 heteroatoms. The van der Waals surface area contributed by atoms with Crippen LogP contribution in [0.2, 0.25) is 0 Å². The monoisotopic (exact) mass is 310 g/mol. The quantitative estimate of drug-likeness (QED) is 0.689. The molecule has 3 aromatic rings. The highest BCUT2D eigenvalue weighted by molar-refractivity contribution is 6.51. The lowest BCUT2D eigenvalue weighted by molar-refractivity contribution is 0.101. The van der Waals surface area contributed by atoms with Crippen LogP contribution >= 0.6 is 0 Å². The van der Waals surface area contributed by atoms with E-state index in [1.165, 1.54) is 0 Å². The van der Waals surface area contributed by atoms with Crippen molar-refractivity contribution in [2.24, 2.45) is 0 Å². The summed E-state index contributed by atoms with van der Waals surface area (Å²) in [5.74, 6) is -0.203. The zero-order valence-corrected chi connectivity index (χ0v) is 12.9. The summed E-state index contributed by atoms with van der Waals surface area (Å²) in [5.41, 5.74) is 3.44. The minimum atomic E-state index is -0.102. The van der Waals surface area contributed by atoms with Gasteiger partial charge >= 0.3 is 0 Å². The summed E-state index contributed by atoms with van der Waals surface area (Å²) < 4.78 is 0. The van der Waals surface area contributed by atoms with E-state index in [2.05, 4.69) is 0 Å². The molecule has 0 N–H and O–H groups in total. The SMILES string of the molecule is O=C1C(c2ccccc2)=C(c2ccccc2)C(=O)c2ccccc21. The van der Waals surface area contributed by atoms with E-state index in [9.17, 15) is 9.59 Å². The molecule has 0 saturated carbocycles. The van der Waals surface area contributed by atoms with Crippen LogP contribution in [-0.2, 0) is 0 Å². The fourth-order valence-electron chi connectivity index (χ4n) is 3.14. The van der Waals surface area contributed by atoms with Crippen LogP contribution in [0.4, 0.5) is 0 Å². The smallest absolute Gasteiger partial charge is 0.195 e. The summed E-state index contributed by atoms with van der Waals surface area (Å²) in [7, 11) is 0. The van der Waals surface area contributed by atoms with Crippen molar-refractivity contribution in [2.45, 2.75) is 0 Å². The molecule has 0 atom stereocenters. The summed E-state index contributed by atoms with van der Waals surface area (Å²) in [6.07, 6.45) is 0. The molecule has 0 heterocycles. The zero-order valence-electron chi connectivity index (χ0n) is 12.9. The zero-order chi connectivity index (χ0) is 16.5. The molecule has 114 valence electrons. The van der Waals surface area contributed by atoms with Gasteiger partial charge in [0.25, 0.3) is 0 Å². The molecule has 1 aliphatic carbocycles. The third kappa shape index (κ3) is 2.20. The Kier molecular flexibility index (Phi) is 3.43. The first-order chi connectivity index (χ1) is 11.8. The molecule has 0 radical (unpaired) electrons. The van der Waals surface area contributed by atoms with Gasteiger partial charge in [0.05, 0.1) is 0 Å². The number of ketones is 2. The molecule has 0 bridgehead atoms. The van der Waals surface area contributed by atoms with Gasteiger partial charge in [-0.25, -0.2) is 0 Å². The number of benzene rings is 3. The molecule has 0 spiro atoms. The number of carbonyl (C=O) groups excluding carboxylic acids is 2. The van der Waals surface area contributed by atoms with Gasteiger partial charge in [-0.2, -0.15) is 0 Å². The number of carbonyl (C=O) groups is 2. The summed E-state index contributed by atoms with van der Waals surface area (Å²) in [5, 5.41) is 0. The Balaban J connectivity index is 2.05. The van der Waals surface area contributed by atoms with E-state index in [0.717, 1.165) is 11.1 Å². The van der Waals surface area contributed by atoms with Crippen molar-refractivity contribution in [1.82, 2.24) is 0 Å². The van der Waals surface area contributed by atoms with Crippen LogP contribution in [0, 0.1) is 0 Å². The van der Waals surface area contributed by atoms with Gasteiger partial charge < -0.3 is 0 Å². The van der Waals surface area contributed by atoms with Crippen molar-refractivity contribution in [3.05, 3.63) is 107 Å². The first-order valence-electron chi connectivity index (χ1n) is 7.81. The van der Waals surface area contributed by atoms with Gasteiger partial charge in [-0.15, -0.1) is 0 Å². The number of hydrogen-bond donors (Lipinski definition) is 0. The molecule has 0 amide bonds. The van der Waals surface area contributed by atoms with Gasteiger partial charge in [0.1, 0.15) is 0 Å². The number of fused-ring (bicyclic) bond motifs is 1. The standard InChI is InChI=1S/C22H14O2/c23-21-17-13-7-8-14-18(17)22(24)20(16-11-5-2-6-12-16)19(21)15-9-3-1-4-10-15/h1-14H. The predicted molar refractivity (Wildman–Crippen MR) is 94.8 cm³/mol. The molecular formula is C22H14O2. The number of hydrogen-bond acceptors (Lipinski definition) is 2. The maximum absolute atomic E-state index is 13.1. The maximum atomic E-state index is 13.1. The fourth-order valence-corrected chi connectivity index (χ4v) is 3.14. The highest BCUT2D eigenvalue weighted by atomic mass is 16.1. The number of rotatable bonds is 2. The molecule has 0 fully saturated rings. The van der Waals surface area contributed by atoms with Gasteiger partial charge in [-0.1, -0.05) is 84.9 Å². The Bertz CT molecular complexity index is 887. The molecular weight excluding hydrogens is 296 g/mol. The Hall–Kier alpha value is -3.26. The molecule has 3 aromatic carbocycles. The van der Waals surface area contributed by atoms with Gasteiger partial charge in [0, 0.05) is 22.3 Å². The lowest BCUT2D eigenvalue weighted by Gasteiger charge is -2.21. The van der Waals surface area contributed by atoms with Crippen LogP contribution in [0.15, 0.2) is 84.9 Å². The van der Waals surface area contributed by atoms with Crippen LogP contribution in [0.3, 0.4) is 0 Å². The summed E-state index contributed by atoms with van der Waals surface area (Å²) in [6, 6.07) is 25.8. The van der Waals surface area contributed by atoms with E-state index >= 15 is 0 Å². The number of Topliss-reactive ketones (excluding diaryl/α,β-unsaturated/α-hetero) is 2. The normalized spacial score (nSPS) is 13.8. The minimum absolute atomic E-state index is 0.102. The Labute approximate surface area is 140 Å². The van der Waals surface area contributed by atoms with Crippen molar-refractivity contribution >= 4 is 22.7 Å². The van der Waals surface area contributed by atoms with E-state index < -0.39 is 0 Å². The Morgan fingerprint density at radius 3 is 1.12 bits per heavy atom. The molecule has 0 aliphatic heterocycles. The highest BCUT2D eigenvalue weighted by Gasteiger charge is 2.33. The van der Waals surface area contributed by atoms with Crippen LogP contribution in [-0.4, -0.2) is 11.6 Å². The fraction of sp³-hybridized carbons (Fsp3) is 0. The topological polar surface area (TPSA) is 34.1 Å². The van der Waals surface area contributed by atoms with Crippen molar-refractivity contribution in [2.75, 3.05) is 0 Å². The summed E-state index contributed by atoms with van der Waals surface area (Å²) >= 11 is 0. The van der Waals surface area contributed by atoms with E-state index in [-0.39, 0.29) is 11.6 Å². The van der Waals surface area contributed by atoms with Gasteiger partial charge in [-0.05, 0) is 11.1 Å². The molecule has 24 heavy (non-hydrogen) atoms. The second-order valence-electron chi connectivity index (χ2n) is 5.69. The van der Waals surface area contributed by atoms with E-state index in [0.29, 0.717) is 22.3 Å². The molecule has 1 aliphatic rings. The first-order valence-corrected chi connectivity index (χ1v) is 7.81. The lowest BCUT2D eigenvalue weighted by atomic mass is 9.79. The number of allylic oxidation sites excluding steroid dienone is 2. The average Bonchev–Trinajstić information content (AvgIpc) is 2.66. The minimum Gasteiger partial charge on any atom is -0.289 e. The van der Waals surface area contributed by atoms with Crippen LogP contribution in [0.5, 0.6) is 0 Å². The van der Waals surface area contributed by atoms with Crippen molar-refractivity contribution in [1.29, 1.82) is 0 Å². The molecule has 4 rings (SSSR count). The third-order valence-electron chi connectivity index (χ3n) is 4.25. The largest absolute Gasteiger partial charge is 0.289 e. The van der Waals surface area contributed by atoms with E-state index in [4.69, 9.17) is 0 Å². The average molecular weight is 310 g/mol. The maximum Gasteiger partial charge on any atom is 0.195 e. The molecule has 0 unspecified atom stereocenters. The Morgan fingerprint density at radius 2 is 0.750 bits per heavy atom. The lowest BCUT2D eigenvalue weighted by Crippen LogP contribution is -2.20. The van der Waals surface area contributed by atoms with E-state index in [1.807, 2.05) is 60.7 Å². The predicted octanol–water partition coefficient (Wildman–Crippen LogP) is 4.68.